The number of hydrogen-bond donors (Lipinski definition) is 4. The number of sulfonamides is 1. The van der Waals surface area contributed by atoms with Crippen LogP contribution in [0.1, 0.15) is 5.56 Å². The van der Waals surface area contributed by atoms with Gasteiger partial charge in [-0.1, -0.05) is 12.1 Å². The zero-order valence-corrected chi connectivity index (χ0v) is 20.6. The fourth-order valence-electron chi connectivity index (χ4n) is 3.19. The normalized spacial score (nSPS) is 13.0. The molecule has 0 aliphatic heterocycles. The molecule has 0 radical (unpaired) electrons. The lowest BCUT2D eigenvalue weighted by Crippen LogP contribution is -2.17. The van der Waals surface area contributed by atoms with Crippen molar-refractivity contribution in [1.29, 1.82) is 0 Å². The average Bonchev–Trinajstić information content (AvgIpc) is 2.70. The van der Waals surface area contributed by atoms with Crippen molar-refractivity contribution in [2.45, 2.75) is 20.4 Å². The topological polar surface area (TPSA) is 252 Å². The number of rotatable bonds is 8. The zero-order chi connectivity index (χ0) is 27.3. The second kappa shape index (κ2) is 9.03. The highest BCUT2D eigenvalue weighted by Crippen LogP contribution is 2.36. The summed E-state index contributed by atoms with van der Waals surface area (Å²) in [6.45, 7) is 0. The minimum atomic E-state index is -5.31. The predicted octanol–water partition coefficient (Wildman–Crippen LogP) is 1.43. The van der Waals surface area contributed by atoms with Crippen LogP contribution in [0.5, 0.6) is 0 Å². The number of benzene rings is 3. The van der Waals surface area contributed by atoms with Crippen LogP contribution in [0, 0.1) is 10.1 Å². The molecule has 36 heavy (non-hydrogen) atoms. The highest BCUT2D eigenvalue weighted by molar-refractivity contribution is 7.92. The standard InChI is InChI=1S/C17H14N2O13S4/c20-19(21)12-3-1-2-10(4-12)9-33(22,23)18-15-7-13(34(24,25)26)5-11-6-14(35(27,28)29)8-16(17(11)15)36(30,31)32/h1-8,18H,9H2,(H,24,25,26)(H,27,28,29)(H,30,31,32). The van der Waals surface area contributed by atoms with Crippen LogP contribution < -0.4 is 4.72 Å². The van der Waals surface area contributed by atoms with Crippen molar-refractivity contribution in [2.24, 2.45) is 0 Å². The van der Waals surface area contributed by atoms with E-state index in [2.05, 4.69) is 0 Å². The molecule has 3 aromatic rings. The zero-order valence-electron chi connectivity index (χ0n) is 17.3. The number of non-ortho nitro benzene ring substituents is 1. The van der Waals surface area contributed by atoms with Gasteiger partial charge in [-0.05, 0) is 35.2 Å². The van der Waals surface area contributed by atoms with Crippen molar-refractivity contribution in [2.75, 3.05) is 4.72 Å². The lowest BCUT2D eigenvalue weighted by molar-refractivity contribution is -0.384. The third kappa shape index (κ3) is 6.13. The van der Waals surface area contributed by atoms with Crippen molar-refractivity contribution < 1.29 is 52.3 Å². The van der Waals surface area contributed by atoms with Crippen LogP contribution in [0.15, 0.2) is 63.2 Å². The molecule has 0 unspecified atom stereocenters. The van der Waals surface area contributed by atoms with Crippen molar-refractivity contribution in [3.63, 3.8) is 0 Å². The largest absolute Gasteiger partial charge is 0.295 e. The average molecular weight is 583 g/mol. The Morgan fingerprint density at radius 3 is 1.83 bits per heavy atom. The SMILES string of the molecule is O=[N+]([O-])c1cccc(CS(=O)(=O)Nc2cc(S(=O)(=O)O)cc3cc(S(=O)(=O)O)cc(S(=O)(=O)O)c23)c1. The summed E-state index contributed by atoms with van der Waals surface area (Å²) >= 11 is 0. The Morgan fingerprint density at radius 2 is 1.33 bits per heavy atom. The van der Waals surface area contributed by atoms with Gasteiger partial charge >= 0.3 is 0 Å². The van der Waals surface area contributed by atoms with Crippen molar-refractivity contribution in [3.8, 4) is 0 Å². The first-order valence-electron chi connectivity index (χ1n) is 9.06. The maximum absolute atomic E-state index is 12.8. The second-order valence-electron chi connectivity index (χ2n) is 7.20. The Bertz CT molecular complexity index is 1840. The minimum absolute atomic E-state index is 0.0874. The quantitative estimate of drug-likeness (QED) is 0.167. The van der Waals surface area contributed by atoms with Crippen LogP contribution in [0.25, 0.3) is 10.8 Å². The summed E-state index contributed by atoms with van der Waals surface area (Å²) in [6.07, 6.45) is 0. The molecule has 0 amide bonds. The lowest BCUT2D eigenvalue weighted by Gasteiger charge is -2.15. The molecule has 0 saturated heterocycles. The van der Waals surface area contributed by atoms with Crippen LogP contribution >= 0.6 is 0 Å². The number of fused-ring (bicyclic) bond motifs is 1. The van der Waals surface area contributed by atoms with E-state index in [-0.39, 0.29) is 5.56 Å². The van der Waals surface area contributed by atoms with Gasteiger partial charge < -0.3 is 0 Å². The van der Waals surface area contributed by atoms with Crippen LogP contribution in [0.4, 0.5) is 11.4 Å². The first-order valence-corrected chi connectivity index (χ1v) is 15.0. The van der Waals surface area contributed by atoms with E-state index >= 15 is 0 Å². The molecule has 15 nitrogen and oxygen atoms in total. The van der Waals surface area contributed by atoms with Crippen LogP contribution in [0.3, 0.4) is 0 Å². The van der Waals surface area contributed by atoms with Crippen LogP contribution in [0.2, 0.25) is 0 Å². The number of nitrogens with one attached hydrogen (secondary N) is 1. The summed E-state index contributed by atoms with van der Waals surface area (Å²) in [6, 6.07) is 6.42. The fraction of sp³-hybridized carbons (Fsp3) is 0.0588. The summed E-state index contributed by atoms with van der Waals surface area (Å²) in [5.41, 5.74) is -1.34. The molecule has 19 heteroatoms. The molecule has 0 fully saturated rings. The molecule has 0 aromatic heterocycles. The van der Waals surface area contributed by atoms with Gasteiger partial charge in [0.05, 0.1) is 26.2 Å². The Morgan fingerprint density at radius 1 is 0.778 bits per heavy atom. The summed E-state index contributed by atoms with van der Waals surface area (Å²) in [5, 5.41) is 9.60. The number of nitrogens with zero attached hydrogens (tertiary/aromatic N) is 1. The van der Waals surface area contributed by atoms with Crippen molar-refractivity contribution in [1.82, 2.24) is 0 Å². The molecule has 3 aromatic carbocycles. The maximum Gasteiger partial charge on any atom is 0.295 e. The monoisotopic (exact) mass is 582 g/mol. The lowest BCUT2D eigenvalue weighted by atomic mass is 10.1. The maximum atomic E-state index is 12.8. The Labute approximate surface area is 203 Å². The first kappa shape index (κ1) is 27.4. The Hall–Kier alpha value is -3.20. The van der Waals surface area contributed by atoms with E-state index in [1.54, 1.807) is 0 Å². The molecule has 0 heterocycles. The minimum Gasteiger partial charge on any atom is -0.283 e. The van der Waals surface area contributed by atoms with E-state index in [1.165, 1.54) is 12.1 Å². The molecule has 0 aliphatic rings. The molecular weight excluding hydrogens is 568 g/mol. The summed E-state index contributed by atoms with van der Waals surface area (Å²) in [5.74, 6) is -0.920. The molecular formula is C17H14N2O13S4. The van der Waals surface area contributed by atoms with Gasteiger partial charge in [0, 0.05) is 17.5 Å². The highest BCUT2D eigenvalue weighted by atomic mass is 32.2. The van der Waals surface area contributed by atoms with Gasteiger partial charge in [-0.2, -0.15) is 25.3 Å². The fourth-order valence-corrected chi connectivity index (χ4v) is 6.30. The summed E-state index contributed by atoms with van der Waals surface area (Å²) in [4.78, 5) is 6.84. The molecule has 0 atom stereocenters. The van der Waals surface area contributed by atoms with Crippen molar-refractivity contribution in [3.05, 3.63) is 64.2 Å². The van der Waals surface area contributed by atoms with Gasteiger partial charge in [-0.25, -0.2) is 8.42 Å². The second-order valence-corrected chi connectivity index (χ2v) is 13.2. The highest BCUT2D eigenvalue weighted by Gasteiger charge is 2.26. The molecule has 0 bridgehead atoms. The third-order valence-corrected chi connectivity index (χ3v) is 8.36. The Kier molecular flexibility index (Phi) is 6.87. The van der Waals surface area contributed by atoms with Gasteiger partial charge in [-0.3, -0.25) is 28.5 Å². The van der Waals surface area contributed by atoms with Crippen LogP contribution in [-0.2, 0) is 46.1 Å². The van der Waals surface area contributed by atoms with E-state index in [9.17, 15) is 57.4 Å². The summed E-state index contributed by atoms with van der Waals surface area (Å²) < 4.78 is 126. The van der Waals surface area contributed by atoms with E-state index in [0.717, 1.165) is 12.1 Å². The third-order valence-electron chi connectivity index (χ3n) is 4.58. The van der Waals surface area contributed by atoms with Crippen LogP contribution in [-0.4, -0.2) is 52.3 Å². The van der Waals surface area contributed by atoms with E-state index < -0.39 is 87.9 Å². The first-order chi connectivity index (χ1) is 16.3. The van der Waals surface area contributed by atoms with E-state index in [1.807, 2.05) is 4.72 Å². The molecule has 4 N–H and O–H groups in total. The molecule has 0 aliphatic carbocycles. The Balaban J connectivity index is 2.31. The van der Waals surface area contributed by atoms with E-state index in [0.29, 0.717) is 24.3 Å². The number of nitro groups is 1. The molecule has 0 saturated carbocycles. The number of hydrogen-bond acceptors (Lipinski definition) is 10. The number of nitro benzene ring substituents is 1. The van der Waals surface area contributed by atoms with Gasteiger partial charge in [0.25, 0.3) is 36.0 Å². The van der Waals surface area contributed by atoms with Crippen molar-refractivity contribution >= 4 is 62.5 Å². The van der Waals surface area contributed by atoms with Gasteiger partial charge in [0.2, 0.25) is 10.0 Å². The molecule has 0 spiro atoms. The van der Waals surface area contributed by atoms with Gasteiger partial charge in [0.15, 0.2) is 0 Å². The summed E-state index contributed by atoms with van der Waals surface area (Å²) in [7, 11) is -20.1. The van der Waals surface area contributed by atoms with Gasteiger partial charge in [0.1, 0.15) is 4.90 Å². The van der Waals surface area contributed by atoms with Gasteiger partial charge in [-0.15, -0.1) is 0 Å². The molecule has 3 rings (SSSR count). The predicted molar refractivity (Wildman–Crippen MR) is 123 cm³/mol. The molecule has 194 valence electrons. The smallest absolute Gasteiger partial charge is 0.283 e. The number of anilines is 1. The van der Waals surface area contributed by atoms with E-state index in [4.69, 9.17) is 0 Å².